The number of nitrogens with one attached hydrogen (secondary N) is 1. The van der Waals surface area contributed by atoms with Gasteiger partial charge in [0.2, 0.25) is 0 Å². The van der Waals surface area contributed by atoms with Gasteiger partial charge in [0.05, 0.1) is 12.2 Å². The summed E-state index contributed by atoms with van der Waals surface area (Å²) in [6.45, 7) is 2.97. The minimum absolute atomic E-state index is 0.0746. The molecule has 2 aromatic carbocycles. The SMILES string of the molecule is CCn1cc(CC(NN)c2cccc3ccccc23)cn1. The topological polar surface area (TPSA) is 55.9 Å². The summed E-state index contributed by atoms with van der Waals surface area (Å²) < 4.78 is 1.94. The van der Waals surface area contributed by atoms with Crippen LogP contribution in [0.2, 0.25) is 0 Å². The summed E-state index contributed by atoms with van der Waals surface area (Å²) >= 11 is 0. The van der Waals surface area contributed by atoms with Crippen LogP contribution in [0, 0.1) is 0 Å². The van der Waals surface area contributed by atoms with Crippen LogP contribution in [0.1, 0.15) is 24.1 Å². The van der Waals surface area contributed by atoms with Gasteiger partial charge in [-0.25, -0.2) is 0 Å². The molecule has 4 heteroatoms. The summed E-state index contributed by atoms with van der Waals surface area (Å²) in [5.41, 5.74) is 5.36. The molecule has 1 atom stereocenters. The Morgan fingerprint density at radius 1 is 1.19 bits per heavy atom. The molecule has 0 aliphatic carbocycles. The van der Waals surface area contributed by atoms with Gasteiger partial charge < -0.3 is 0 Å². The normalized spacial score (nSPS) is 12.7. The Kier molecular flexibility index (Phi) is 3.99. The predicted molar refractivity (Wildman–Crippen MR) is 85.6 cm³/mol. The molecule has 0 saturated carbocycles. The van der Waals surface area contributed by atoms with Crippen LogP contribution >= 0.6 is 0 Å². The van der Waals surface area contributed by atoms with Gasteiger partial charge in [0.15, 0.2) is 0 Å². The molecule has 3 aromatic rings. The second kappa shape index (κ2) is 6.08. The van der Waals surface area contributed by atoms with Gasteiger partial charge in [-0.3, -0.25) is 16.0 Å². The molecule has 1 unspecified atom stereocenters. The van der Waals surface area contributed by atoms with E-state index in [9.17, 15) is 0 Å². The molecule has 0 aliphatic heterocycles. The zero-order valence-electron chi connectivity index (χ0n) is 12.2. The zero-order valence-corrected chi connectivity index (χ0v) is 12.2. The number of fused-ring (bicyclic) bond motifs is 1. The van der Waals surface area contributed by atoms with Gasteiger partial charge in [-0.2, -0.15) is 5.10 Å². The fraction of sp³-hybridized carbons (Fsp3) is 0.235. The molecule has 1 aromatic heterocycles. The van der Waals surface area contributed by atoms with Crippen LogP contribution in [0.25, 0.3) is 10.8 Å². The van der Waals surface area contributed by atoms with Crippen molar-refractivity contribution in [3.63, 3.8) is 0 Å². The van der Waals surface area contributed by atoms with Gasteiger partial charge in [-0.15, -0.1) is 0 Å². The molecular formula is C17H20N4. The lowest BCUT2D eigenvalue weighted by molar-refractivity contribution is 0.555. The van der Waals surface area contributed by atoms with E-state index in [4.69, 9.17) is 5.84 Å². The molecule has 0 bridgehead atoms. The van der Waals surface area contributed by atoms with E-state index in [0.717, 1.165) is 13.0 Å². The van der Waals surface area contributed by atoms with E-state index < -0.39 is 0 Å². The third kappa shape index (κ3) is 2.82. The molecule has 0 fully saturated rings. The summed E-state index contributed by atoms with van der Waals surface area (Å²) in [7, 11) is 0. The Bertz CT molecular complexity index is 727. The lowest BCUT2D eigenvalue weighted by Gasteiger charge is -2.17. The third-order valence-electron chi connectivity index (χ3n) is 3.85. The first-order valence-corrected chi connectivity index (χ1v) is 7.27. The number of aryl methyl sites for hydroxylation is 1. The predicted octanol–water partition coefficient (Wildman–Crippen LogP) is 2.80. The van der Waals surface area contributed by atoms with E-state index in [2.05, 4.69) is 66.1 Å². The first-order chi connectivity index (χ1) is 10.3. The van der Waals surface area contributed by atoms with E-state index in [-0.39, 0.29) is 6.04 Å². The van der Waals surface area contributed by atoms with Gasteiger partial charge in [-0.1, -0.05) is 42.5 Å². The van der Waals surface area contributed by atoms with E-state index in [1.807, 2.05) is 10.9 Å². The van der Waals surface area contributed by atoms with Gasteiger partial charge in [0.25, 0.3) is 0 Å². The Labute approximate surface area is 124 Å². The van der Waals surface area contributed by atoms with Crippen LogP contribution < -0.4 is 11.3 Å². The van der Waals surface area contributed by atoms with Crippen molar-refractivity contribution in [2.45, 2.75) is 25.9 Å². The van der Waals surface area contributed by atoms with Crippen molar-refractivity contribution in [1.82, 2.24) is 15.2 Å². The van der Waals surface area contributed by atoms with Gasteiger partial charge in [0.1, 0.15) is 0 Å². The molecule has 0 spiro atoms. The van der Waals surface area contributed by atoms with E-state index in [1.165, 1.54) is 21.9 Å². The Morgan fingerprint density at radius 3 is 2.76 bits per heavy atom. The molecule has 0 aliphatic rings. The van der Waals surface area contributed by atoms with Crippen molar-refractivity contribution in [3.8, 4) is 0 Å². The number of aromatic nitrogens is 2. The second-order valence-electron chi connectivity index (χ2n) is 5.20. The highest BCUT2D eigenvalue weighted by Gasteiger charge is 2.14. The van der Waals surface area contributed by atoms with Crippen LogP contribution in [-0.2, 0) is 13.0 Å². The quantitative estimate of drug-likeness (QED) is 0.558. The van der Waals surface area contributed by atoms with Crippen LogP contribution in [0.4, 0.5) is 0 Å². The average Bonchev–Trinajstić information content (AvgIpc) is 3.00. The smallest absolute Gasteiger partial charge is 0.0522 e. The maximum atomic E-state index is 5.81. The minimum atomic E-state index is 0.0746. The lowest BCUT2D eigenvalue weighted by atomic mass is 9.95. The summed E-state index contributed by atoms with van der Waals surface area (Å²) in [6.07, 6.45) is 4.82. The standard InChI is InChI=1S/C17H20N4/c1-2-21-12-13(11-19-21)10-17(20-18)16-9-5-7-14-6-3-4-8-15(14)16/h3-9,11-12,17,20H,2,10,18H2,1H3. The summed E-state index contributed by atoms with van der Waals surface area (Å²) in [5.74, 6) is 5.81. The molecule has 0 amide bonds. The first-order valence-electron chi connectivity index (χ1n) is 7.27. The van der Waals surface area contributed by atoms with Crippen molar-refractivity contribution >= 4 is 10.8 Å². The monoisotopic (exact) mass is 280 g/mol. The fourth-order valence-electron chi connectivity index (χ4n) is 2.73. The number of hydrogen-bond donors (Lipinski definition) is 2. The minimum Gasteiger partial charge on any atom is -0.273 e. The van der Waals surface area contributed by atoms with Crippen LogP contribution in [0.15, 0.2) is 54.9 Å². The van der Waals surface area contributed by atoms with Crippen molar-refractivity contribution in [2.75, 3.05) is 0 Å². The Morgan fingerprint density at radius 2 is 2.00 bits per heavy atom. The zero-order chi connectivity index (χ0) is 14.7. The summed E-state index contributed by atoms with van der Waals surface area (Å²) in [4.78, 5) is 0. The molecule has 0 saturated heterocycles. The summed E-state index contributed by atoms with van der Waals surface area (Å²) in [6, 6.07) is 14.8. The van der Waals surface area contributed by atoms with Crippen LogP contribution in [0.5, 0.6) is 0 Å². The number of hydrazine groups is 1. The van der Waals surface area contributed by atoms with E-state index in [1.54, 1.807) is 0 Å². The van der Waals surface area contributed by atoms with Crippen LogP contribution in [-0.4, -0.2) is 9.78 Å². The Hall–Kier alpha value is -2.17. The van der Waals surface area contributed by atoms with Crippen molar-refractivity contribution in [3.05, 3.63) is 66.0 Å². The van der Waals surface area contributed by atoms with Crippen molar-refractivity contribution < 1.29 is 0 Å². The molecule has 0 radical (unpaired) electrons. The molecule has 108 valence electrons. The van der Waals surface area contributed by atoms with Crippen LogP contribution in [0.3, 0.4) is 0 Å². The highest BCUT2D eigenvalue weighted by molar-refractivity contribution is 5.86. The number of hydrogen-bond acceptors (Lipinski definition) is 3. The molecule has 3 rings (SSSR count). The average molecular weight is 280 g/mol. The highest BCUT2D eigenvalue weighted by atomic mass is 15.3. The molecular weight excluding hydrogens is 260 g/mol. The molecule has 21 heavy (non-hydrogen) atoms. The van der Waals surface area contributed by atoms with Gasteiger partial charge in [0, 0.05) is 12.7 Å². The summed E-state index contributed by atoms with van der Waals surface area (Å²) in [5, 5.41) is 6.80. The highest BCUT2D eigenvalue weighted by Crippen LogP contribution is 2.26. The Balaban J connectivity index is 1.94. The first kappa shape index (κ1) is 13.8. The molecule has 3 N–H and O–H groups in total. The van der Waals surface area contributed by atoms with E-state index in [0.29, 0.717) is 0 Å². The van der Waals surface area contributed by atoms with E-state index >= 15 is 0 Å². The van der Waals surface area contributed by atoms with Crippen molar-refractivity contribution in [1.29, 1.82) is 0 Å². The molecule has 1 heterocycles. The number of benzene rings is 2. The number of nitrogens with two attached hydrogens (primary N) is 1. The maximum absolute atomic E-state index is 5.81. The third-order valence-corrected chi connectivity index (χ3v) is 3.85. The second-order valence-corrected chi connectivity index (χ2v) is 5.20. The van der Waals surface area contributed by atoms with Gasteiger partial charge in [-0.05, 0) is 35.2 Å². The largest absolute Gasteiger partial charge is 0.273 e. The molecule has 4 nitrogen and oxygen atoms in total. The van der Waals surface area contributed by atoms with Crippen molar-refractivity contribution in [2.24, 2.45) is 5.84 Å². The number of rotatable bonds is 5. The number of nitrogens with zero attached hydrogens (tertiary/aromatic N) is 2. The maximum Gasteiger partial charge on any atom is 0.0522 e. The lowest BCUT2D eigenvalue weighted by Crippen LogP contribution is -2.29. The fourth-order valence-corrected chi connectivity index (χ4v) is 2.73. The van der Waals surface area contributed by atoms with Gasteiger partial charge >= 0.3 is 0 Å².